The second kappa shape index (κ2) is 4.34. The first-order valence-corrected chi connectivity index (χ1v) is 6.69. The maximum Gasteiger partial charge on any atom is 0.169 e. The van der Waals surface area contributed by atoms with Crippen molar-refractivity contribution in [1.29, 1.82) is 0 Å². The van der Waals surface area contributed by atoms with E-state index in [2.05, 4.69) is 15.0 Å². The van der Waals surface area contributed by atoms with Crippen LogP contribution in [-0.2, 0) is 9.47 Å². The van der Waals surface area contributed by atoms with Gasteiger partial charge in [0.15, 0.2) is 17.7 Å². The van der Waals surface area contributed by atoms with Gasteiger partial charge >= 0.3 is 0 Å². The predicted octanol–water partition coefficient (Wildman–Crippen LogP) is -1.18. The molecule has 4 heterocycles. The van der Waals surface area contributed by atoms with E-state index in [9.17, 15) is 10.2 Å². The third-order valence-electron chi connectivity index (χ3n) is 4.26. The molecule has 4 N–H and O–H groups in total. The minimum absolute atomic E-state index is 0.277. The van der Waals surface area contributed by atoms with Crippen LogP contribution in [0.5, 0.6) is 0 Å². The number of imidazole rings is 1. The van der Waals surface area contributed by atoms with Crippen molar-refractivity contribution < 1.29 is 19.7 Å². The highest BCUT2D eigenvalue weighted by molar-refractivity contribution is 5.81. The minimum atomic E-state index is -0.905. The second-order valence-corrected chi connectivity index (χ2v) is 5.29. The largest absolute Gasteiger partial charge is 0.394 e. The van der Waals surface area contributed by atoms with Gasteiger partial charge in [0.1, 0.15) is 29.7 Å². The lowest BCUT2D eigenvalue weighted by molar-refractivity contribution is -0.225. The Morgan fingerprint density at radius 3 is 2.90 bits per heavy atom. The highest BCUT2D eigenvalue weighted by Gasteiger charge is 2.61. The van der Waals surface area contributed by atoms with Crippen LogP contribution in [0.25, 0.3) is 11.2 Å². The van der Waals surface area contributed by atoms with Crippen LogP contribution < -0.4 is 5.73 Å². The molecule has 21 heavy (non-hydrogen) atoms. The zero-order chi connectivity index (χ0) is 14.6. The quantitative estimate of drug-likeness (QED) is 0.631. The number of rotatable bonds is 2. The molecule has 0 radical (unpaired) electrons. The van der Waals surface area contributed by atoms with Crippen LogP contribution in [0.15, 0.2) is 12.7 Å². The van der Waals surface area contributed by atoms with Crippen molar-refractivity contribution in [2.75, 3.05) is 18.9 Å². The topological polar surface area (TPSA) is 129 Å². The Morgan fingerprint density at radius 1 is 1.43 bits per heavy atom. The van der Waals surface area contributed by atoms with E-state index < -0.39 is 24.0 Å². The summed E-state index contributed by atoms with van der Waals surface area (Å²) in [5, 5.41) is 19.7. The first kappa shape index (κ1) is 12.9. The van der Waals surface area contributed by atoms with E-state index in [1.165, 1.54) is 12.7 Å². The van der Waals surface area contributed by atoms with Crippen molar-refractivity contribution >= 4 is 17.0 Å². The molecule has 1 spiro atoms. The van der Waals surface area contributed by atoms with Gasteiger partial charge in [-0.25, -0.2) is 15.0 Å². The first-order chi connectivity index (χ1) is 10.2. The molecular weight excluding hydrogens is 278 g/mol. The van der Waals surface area contributed by atoms with Crippen LogP contribution in [0, 0.1) is 0 Å². The molecule has 0 saturated carbocycles. The van der Waals surface area contributed by atoms with Crippen molar-refractivity contribution in [2.45, 2.75) is 30.5 Å². The van der Waals surface area contributed by atoms with Crippen molar-refractivity contribution in [3.8, 4) is 0 Å². The number of hydrogen-bond acceptors (Lipinski definition) is 8. The highest BCUT2D eigenvalue weighted by Crippen LogP contribution is 2.49. The summed E-state index contributed by atoms with van der Waals surface area (Å²) in [5.41, 5.74) is 5.88. The van der Waals surface area contributed by atoms with Gasteiger partial charge < -0.3 is 25.4 Å². The normalized spacial score (nSPS) is 35.4. The van der Waals surface area contributed by atoms with E-state index in [-0.39, 0.29) is 12.4 Å². The first-order valence-electron chi connectivity index (χ1n) is 6.69. The van der Waals surface area contributed by atoms with Gasteiger partial charge in [-0.3, -0.25) is 4.57 Å². The van der Waals surface area contributed by atoms with Gasteiger partial charge in [0.05, 0.1) is 19.5 Å². The lowest BCUT2D eigenvalue weighted by Crippen LogP contribution is -2.56. The fraction of sp³-hybridized carbons (Fsp3) is 0.583. The van der Waals surface area contributed by atoms with Crippen LogP contribution in [0.4, 0.5) is 5.82 Å². The zero-order valence-electron chi connectivity index (χ0n) is 11.1. The van der Waals surface area contributed by atoms with Crippen LogP contribution >= 0.6 is 0 Å². The number of fused-ring (bicyclic) bond motifs is 1. The van der Waals surface area contributed by atoms with Crippen molar-refractivity contribution in [1.82, 2.24) is 19.5 Å². The molecule has 2 aromatic rings. The van der Waals surface area contributed by atoms with Crippen LogP contribution in [-0.4, -0.2) is 60.8 Å². The fourth-order valence-electron chi connectivity index (χ4n) is 3.07. The number of aromatic nitrogens is 4. The molecular formula is C12H15N5O4. The molecule has 2 aromatic heterocycles. The molecule has 4 atom stereocenters. The summed E-state index contributed by atoms with van der Waals surface area (Å²) in [5.74, 6) is 0.277. The van der Waals surface area contributed by atoms with Gasteiger partial charge in [0.25, 0.3) is 0 Å². The molecule has 112 valence electrons. The van der Waals surface area contributed by atoms with E-state index >= 15 is 0 Å². The van der Waals surface area contributed by atoms with Gasteiger partial charge in [-0.2, -0.15) is 0 Å². The predicted molar refractivity (Wildman–Crippen MR) is 70.0 cm³/mol. The summed E-state index contributed by atoms with van der Waals surface area (Å²) in [4.78, 5) is 12.3. The van der Waals surface area contributed by atoms with Crippen LogP contribution in [0.3, 0.4) is 0 Å². The van der Waals surface area contributed by atoms with E-state index in [1.807, 2.05) is 0 Å². The molecule has 2 fully saturated rings. The fourth-order valence-corrected chi connectivity index (χ4v) is 3.07. The van der Waals surface area contributed by atoms with Crippen LogP contribution in [0.1, 0.15) is 12.6 Å². The molecule has 4 rings (SSSR count). The molecule has 0 amide bonds. The van der Waals surface area contributed by atoms with Crippen molar-refractivity contribution in [2.24, 2.45) is 0 Å². The average Bonchev–Trinajstić information content (AvgIpc) is 2.97. The number of hydrogen-bond donors (Lipinski definition) is 3. The maximum atomic E-state index is 10.4. The Kier molecular flexibility index (Phi) is 2.67. The average molecular weight is 293 g/mol. The Labute approximate surface area is 119 Å². The zero-order valence-corrected chi connectivity index (χ0v) is 11.1. The third-order valence-corrected chi connectivity index (χ3v) is 4.26. The molecule has 0 aliphatic carbocycles. The summed E-state index contributed by atoms with van der Waals surface area (Å²) >= 11 is 0. The third kappa shape index (κ3) is 1.57. The Bertz CT molecular complexity index is 685. The van der Waals surface area contributed by atoms with Gasteiger partial charge in [-0.1, -0.05) is 0 Å². The molecule has 2 aliphatic rings. The number of aliphatic hydroxyl groups excluding tert-OH is 2. The van der Waals surface area contributed by atoms with E-state index in [0.29, 0.717) is 24.2 Å². The Morgan fingerprint density at radius 2 is 2.24 bits per heavy atom. The monoisotopic (exact) mass is 293 g/mol. The van der Waals surface area contributed by atoms with Gasteiger partial charge in [0.2, 0.25) is 0 Å². The van der Waals surface area contributed by atoms with E-state index in [0.717, 1.165) is 0 Å². The van der Waals surface area contributed by atoms with Crippen molar-refractivity contribution in [3.05, 3.63) is 12.7 Å². The van der Waals surface area contributed by atoms with Crippen LogP contribution in [0.2, 0.25) is 0 Å². The van der Waals surface area contributed by atoms with Crippen molar-refractivity contribution in [3.63, 3.8) is 0 Å². The number of anilines is 1. The Balaban J connectivity index is 1.82. The smallest absolute Gasteiger partial charge is 0.169 e. The van der Waals surface area contributed by atoms with E-state index in [4.69, 9.17) is 15.2 Å². The molecule has 9 nitrogen and oxygen atoms in total. The maximum absolute atomic E-state index is 10.4. The Hall–Kier alpha value is -1.81. The molecule has 0 aromatic carbocycles. The summed E-state index contributed by atoms with van der Waals surface area (Å²) in [6, 6.07) is 0. The number of ether oxygens (including phenoxy) is 2. The van der Waals surface area contributed by atoms with E-state index in [1.54, 1.807) is 4.57 Å². The van der Waals surface area contributed by atoms with Gasteiger partial charge in [0, 0.05) is 6.42 Å². The molecule has 2 saturated heterocycles. The molecule has 0 bridgehead atoms. The summed E-state index contributed by atoms with van der Waals surface area (Å²) in [6.45, 7) is 0.255. The number of aliphatic hydroxyl groups is 2. The standard InChI is InChI=1S/C12H15N5O4/c13-9-7-10(15-4-14-9)17(5-16-7)11-12(1-2-20-12)8(19)6(3-18)21-11/h4-6,8,11,18-19H,1-3H2,(H2,13,14,15)/t6-,8-,11-,12+/m1/s1. The lowest BCUT2D eigenvalue weighted by atomic mass is 9.86. The summed E-state index contributed by atoms with van der Waals surface area (Å²) < 4.78 is 13.1. The summed E-state index contributed by atoms with van der Waals surface area (Å²) in [7, 11) is 0. The SMILES string of the molecule is Nc1ncnc2c1ncn2[C@@H]1O[C@H](CO)[C@@H](O)[C@@]12CCO2. The highest BCUT2D eigenvalue weighted by atomic mass is 16.6. The lowest BCUT2D eigenvalue weighted by Gasteiger charge is -2.44. The number of nitrogens with zero attached hydrogens (tertiary/aromatic N) is 4. The molecule has 2 aliphatic heterocycles. The number of nitrogens with two attached hydrogens (primary N) is 1. The second-order valence-electron chi connectivity index (χ2n) is 5.29. The minimum Gasteiger partial charge on any atom is -0.394 e. The van der Waals surface area contributed by atoms with Gasteiger partial charge in [-0.15, -0.1) is 0 Å². The van der Waals surface area contributed by atoms with Gasteiger partial charge in [-0.05, 0) is 0 Å². The summed E-state index contributed by atoms with van der Waals surface area (Å²) in [6.07, 6.45) is 1.30. The molecule has 9 heteroatoms. The number of nitrogen functional groups attached to an aromatic ring is 1. The molecule has 0 unspecified atom stereocenters.